The monoisotopic (exact) mass is 187 g/mol. The molecule has 0 atom stereocenters. The molecule has 0 spiro atoms. The summed E-state index contributed by atoms with van der Waals surface area (Å²) in [5.74, 6) is -0.0903. The van der Waals surface area contributed by atoms with Crippen molar-refractivity contribution in [2.24, 2.45) is 11.7 Å². The zero-order valence-electron chi connectivity index (χ0n) is 8.56. The summed E-state index contributed by atoms with van der Waals surface area (Å²) >= 11 is 0. The molecule has 0 fully saturated rings. The van der Waals surface area contributed by atoms with E-state index in [-0.39, 0.29) is 11.4 Å². The quantitative estimate of drug-likeness (QED) is 0.673. The zero-order chi connectivity index (χ0) is 10.4. The molecule has 76 valence electrons. The third-order valence-corrected chi connectivity index (χ3v) is 1.45. The van der Waals surface area contributed by atoms with Crippen LogP contribution in [0.5, 0.6) is 0 Å². The van der Waals surface area contributed by atoms with Gasteiger partial charge in [-0.25, -0.2) is 4.39 Å². The van der Waals surface area contributed by atoms with Crippen LogP contribution >= 0.6 is 0 Å². The highest BCUT2D eigenvalue weighted by Gasteiger charge is 2.17. The first-order chi connectivity index (χ1) is 5.95. The highest BCUT2D eigenvalue weighted by Crippen LogP contribution is 2.25. The van der Waals surface area contributed by atoms with Crippen LogP contribution in [-0.4, -0.2) is 5.91 Å². The average molecular weight is 187 g/mol. The van der Waals surface area contributed by atoms with Crippen molar-refractivity contribution < 1.29 is 9.18 Å². The summed E-state index contributed by atoms with van der Waals surface area (Å²) in [6, 6.07) is 0. The van der Waals surface area contributed by atoms with Crippen molar-refractivity contribution in [3.05, 3.63) is 11.4 Å². The van der Waals surface area contributed by atoms with Crippen molar-refractivity contribution in [1.29, 1.82) is 0 Å². The summed E-state index contributed by atoms with van der Waals surface area (Å²) in [5.41, 5.74) is 5.04. The molecule has 1 amide bonds. The second kappa shape index (κ2) is 5.73. The minimum atomic E-state index is -0.606. The van der Waals surface area contributed by atoms with Crippen molar-refractivity contribution >= 4 is 5.91 Å². The van der Waals surface area contributed by atoms with Gasteiger partial charge in [0.1, 0.15) is 5.83 Å². The van der Waals surface area contributed by atoms with Gasteiger partial charge < -0.3 is 5.73 Å². The SMILES string of the molecule is CC(C)C.NC(=O)C1=C(F)CCC1. The number of nitrogens with two attached hydrogens (primary N) is 1. The first-order valence-electron chi connectivity index (χ1n) is 4.62. The molecule has 0 aromatic rings. The fourth-order valence-corrected chi connectivity index (χ4v) is 0.964. The summed E-state index contributed by atoms with van der Waals surface area (Å²) < 4.78 is 12.4. The molecule has 0 radical (unpaired) electrons. The van der Waals surface area contributed by atoms with Crippen molar-refractivity contribution in [3.8, 4) is 0 Å². The van der Waals surface area contributed by atoms with Gasteiger partial charge in [-0.3, -0.25) is 4.79 Å². The molecular weight excluding hydrogens is 169 g/mol. The number of allylic oxidation sites excluding steroid dienone is 1. The molecule has 0 bridgehead atoms. The number of hydrogen-bond acceptors (Lipinski definition) is 1. The molecule has 2 nitrogen and oxygen atoms in total. The smallest absolute Gasteiger partial charge is 0.247 e. The highest BCUT2D eigenvalue weighted by molar-refractivity contribution is 5.92. The minimum Gasteiger partial charge on any atom is -0.366 e. The van der Waals surface area contributed by atoms with E-state index < -0.39 is 5.91 Å². The number of carbonyl (C=O) groups is 1. The lowest BCUT2D eigenvalue weighted by Crippen LogP contribution is -2.12. The van der Waals surface area contributed by atoms with Crippen LogP contribution in [0.3, 0.4) is 0 Å². The van der Waals surface area contributed by atoms with E-state index in [0.29, 0.717) is 12.8 Å². The van der Waals surface area contributed by atoms with E-state index in [1.807, 2.05) is 0 Å². The lowest BCUT2D eigenvalue weighted by atomic mass is 10.2. The van der Waals surface area contributed by atoms with Gasteiger partial charge >= 0.3 is 0 Å². The Kier molecular flexibility index (Phi) is 5.35. The van der Waals surface area contributed by atoms with Crippen molar-refractivity contribution in [2.45, 2.75) is 40.0 Å². The minimum absolute atomic E-state index is 0.190. The molecule has 1 aliphatic carbocycles. The van der Waals surface area contributed by atoms with Crippen LogP contribution in [0.2, 0.25) is 0 Å². The number of carbonyl (C=O) groups excluding carboxylic acids is 1. The van der Waals surface area contributed by atoms with Crippen molar-refractivity contribution in [1.82, 2.24) is 0 Å². The first kappa shape index (κ1) is 12.1. The van der Waals surface area contributed by atoms with E-state index in [1.54, 1.807) is 0 Å². The Morgan fingerprint density at radius 2 is 1.85 bits per heavy atom. The van der Waals surface area contributed by atoms with Gasteiger partial charge in [0.15, 0.2) is 0 Å². The standard InChI is InChI=1S/C6H8FNO.C4H10/c7-5-3-1-2-4(5)6(8)9;1-4(2)3/h1-3H2,(H2,8,9);4H,1-3H3. The topological polar surface area (TPSA) is 43.1 Å². The Bertz CT molecular complexity index is 206. The molecule has 0 saturated carbocycles. The molecular formula is C10H18FNO. The molecule has 0 heterocycles. The largest absolute Gasteiger partial charge is 0.366 e. The normalized spacial score (nSPS) is 15.8. The zero-order valence-corrected chi connectivity index (χ0v) is 8.56. The number of halogens is 1. The van der Waals surface area contributed by atoms with Gasteiger partial charge in [0.2, 0.25) is 5.91 Å². The Hall–Kier alpha value is -0.860. The maximum atomic E-state index is 12.4. The summed E-state index contributed by atoms with van der Waals surface area (Å²) in [5, 5.41) is 0. The summed E-state index contributed by atoms with van der Waals surface area (Å²) in [6.45, 7) is 6.50. The van der Waals surface area contributed by atoms with Crippen LogP contribution in [0.15, 0.2) is 11.4 Å². The summed E-state index contributed by atoms with van der Waals surface area (Å²) in [4.78, 5) is 10.3. The molecule has 3 heteroatoms. The van der Waals surface area contributed by atoms with Gasteiger partial charge in [-0.15, -0.1) is 0 Å². The van der Waals surface area contributed by atoms with Crippen LogP contribution in [0, 0.1) is 5.92 Å². The van der Waals surface area contributed by atoms with Gasteiger partial charge in [0, 0.05) is 5.57 Å². The van der Waals surface area contributed by atoms with E-state index in [2.05, 4.69) is 20.8 Å². The van der Waals surface area contributed by atoms with E-state index >= 15 is 0 Å². The molecule has 1 aliphatic rings. The van der Waals surface area contributed by atoms with Crippen molar-refractivity contribution in [2.75, 3.05) is 0 Å². The Labute approximate surface area is 79.0 Å². The molecule has 0 aromatic carbocycles. The van der Waals surface area contributed by atoms with Crippen LogP contribution < -0.4 is 5.73 Å². The van der Waals surface area contributed by atoms with Gasteiger partial charge in [0.05, 0.1) is 0 Å². The number of hydrogen-bond donors (Lipinski definition) is 1. The maximum absolute atomic E-state index is 12.4. The average Bonchev–Trinajstić information content (AvgIpc) is 2.33. The molecule has 13 heavy (non-hydrogen) atoms. The van der Waals surface area contributed by atoms with E-state index in [1.165, 1.54) is 0 Å². The van der Waals surface area contributed by atoms with Gasteiger partial charge in [-0.2, -0.15) is 0 Å². The Morgan fingerprint density at radius 3 is 2.00 bits per heavy atom. The fourth-order valence-electron chi connectivity index (χ4n) is 0.964. The Balaban J connectivity index is 0.000000310. The maximum Gasteiger partial charge on any atom is 0.247 e. The number of primary amides is 1. The van der Waals surface area contributed by atoms with E-state index in [4.69, 9.17) is 5.73 Å². The lowest BCUT2D eigenvalue weighted by Gasteiger charge is -1.90. The summed E-state index contributed by atoms with van der Waals surface area (Å²) in [7, 11) is 0. The number of rotatable bonds is 1. The van der Waals surface area contributed by atoms with Crippen LogP contribution in [0.4, 0.5) is 4.39 Å². The van der Waals surface area contributed by atoms with Gasteiger partial charge in [-0.05, 0) is 25.2 Å². The molecule has 2 N–H and O–H groups in total. The van der Waals surface area contributed by atoms with Crippen molar-refractivity contribution in [3.63, 3.8) is 0 Å². The predicted octanol–water partition coefficient (Wildman–Crippen LogP) is 2.54. The van der Waals surface area contributed by atoms with Gasteiger partial charge in [0.25, 0.3) is 0 Å². The van der Waals surface area contributed by atoms with E-state index in [0.717, 1.165) is 12.3 Å². The second-order valence-corrected chi connectivity index (χ2v) is 3.83. The van der Waals surface area contributed by atoms with Crippen LogP contribution in [0.1, 0.15) is 40.0 Å². The fraction of sp³-hybridized carbons (Fsp3) is 0.700. The lowest BCUT2D eigenvalue weighted by molar-refractivity contribution is -0.114. The number of amides is 1. The van der Waals surface area contributed by atoms with Crippen LogP contribution in [0.25, 0.3) is 0 Å². The molecule has 1 rings (SSSR count). The highest BCUT2D eigenvalue weighted by atomic mass is 19.1. The Morgan fingerprint density at radius 1 is 1.38 bits per heavy atom. The van der Waals surface area contributed by atoms with Gasteiger partial charge in [-0.1, -0.05) is 20.8 Å². The third kappa shape index (κ3) is 5.39. The van der Waals surface area contributed by atoms with E-state index in [9.17, 15) is 9.18 Å². The third-order valence-electron chi connectivity index (χ3n) is 1.45. The molecule has 0 saturated heterocycles. The molecule has 0 aromatic heterocycles. The predicted molar refractivity (Wildman–Crippen MR) is 51.7 cm³/mol. The molecule has 0 unspecified atom stereocenters. The molecule has 0 aliphatic heterocycles. The second-order valence-electron chi connectivity index (χ2n) is 3.83. The summed E-state index contributed by atoms with van der Waals surface area (Å²) in [6.07, 6.45) is 1.63. The van der Waals surface area contributed by atoms with Crippen LogP contribution in [-0.2, 0) is 4.79 Å². The first-order valence-corrected chi connectivity index (χ1v) is 4.62.